The van der Waals surface area contributed by atoms with Crippen LogP contribution >= 0.6 is 7.60 Å². The summed E-state index contributed by atoms with van der Waals surface area (Å²) in [5.74, 6) is -2.88. The monoisotopic (exact) mass is 240 g/mol. The summed E-state index contributed by atoms with van der Waals surface area (Å²) in [5.41, 5.74) is 0. The summed E-state index contributed by atoms with van der Waals surface area (Å²) in [6, 6.07) is 0. The van der Waals surface area contributed by atoms with E-state index in [1.165, 1.54) is 6.92 Å². The Labute approximate surface area is 87.6 Å². The molecule has 0 aliphatic rings. The van der Waals surface area contributed by atoms with Gasteiger partial charge in [-0.2, -0.15) is 0 Å². The van der Waals surface area contributed by atoms with Gasteiger partial charge in [-0.25, -0.2) is 4.79 Å². The Balaban J connectivity index is 4.99. The number of hydrogen-bond donors (Lipinski definition) is 1. The minimum absolute atomic E-state index is 0.542. The molecule has 15 heavy (non-hydrogen) atoms. The van der Waals surface area contributed by atoms with Gasteiger partial charge in [-0.3, -0.25) is 9.36 Å². The molecule has 0 radical (unpaired) electrons. The fourth-order valence-electron chi connectivity index (χ4n) is 0.857. The van der Waals surface area contributed by atoms with E-state index >= 15 is 0 Å². The van der Waals surface area contributed by atoms with Crippen LogP contribution in [0.5, 0.6) is 0 Å². The van der Waals surface area contributed by atoms with Crippen LogP contribution in [0, 0.1) is 0 Å². The summed E-state index contributed by atoms with van der Waals surface area (Å²) in [4.78, 5) is 22.0. The summed E-state index contributed by atoms with van der Waals surface area (Å²) >= 11 is 0. The number of methoxy groups -OCH3 is 1. The molecule has 0 aliphatic carbocycles. The highest BCUT2D eigenvalue weighted by Gasteiger charge is 2.41. The molecule has 0 aliphatic heterocycles. The average Bonchev–Trinajstić information content (AvgIpc) is 2.23. The molecule has 0 fully saturated rings. The Morgan fingerprint density at radius 3 is 1.93 bits per heavy atom. The third-order valence-corrected chi connectivity index (χ3v) is 3.58. The Kier molecular flexibility index (Phi) is 5.49. The molecule has 0 aromatic rings. The topological polar surface area (TPSA) is 90.9 Å². The molecule has 0 spiro atoms. The molecule has 7 nitrogen and oxygen atoms in total. The zero-order chi connectivity index (χ0) is 12.1. The van der Waals surface area contributed by atoms with E-state index in [2.05, 4.69) is 19.1 Å². The molecule has 1 amide bonds. The third-order valence-electron chi connectivity index (χ3n) is 1.59. The van der Waals surface area contributed by atoms with Crippen LogP contribution in [0.25, 0.3) is 0 Å². The van der Waals surface area contributed by atoms with Gasteiger partial charge in [0.05, 0.1) is 7.11 Å². The largest absolute Gasteiger partial charge is 0.467 e. The number of nitrogens with one attached hydrogen (secondary N) is 1. The van der Waals surface area contributed by atoms with E-state index in [1.807, 2.05) is 0 Å². The van der Waals surface area contributed by atoms with Gasteiger partial charge in [-0.05, 0) is 0 Å². The first-order valence-electron chi connectivity index (χ1n) is 3.97. The van der Waals surface area contributed by atoms with E-state index in [-0.39, 0.29) is 0 Å². The Morgan fingerprint density at radius 2 is 1.67 bits per heavy atom. The normalized spacial score (nSPS) is 13.1. The first-order valence-corrected chi connectivity index (χ1v) is 5.58. The van der Waals surface area contributed by atoms with E-state index in [0.29, 0.717) is 0 Å². The fraction of sp³-hybridized carbons (Fsp3) is 0.714. The summed E-state index contributed by atoms with van der Waals surface area (Å²) in [5, 5.41) is 2.15. The lowest BCUT2D eigenvalue weighted by atomic mass is 10.7. The molecule has 0 aromatic carbocycles. The second kappa shape index (κ2) is 5.85. The molecule has 0 rings (SSSR count). The first kappa shape index (κ1) is 14.1. The number of hydrogen-bond acceptors (Lipinski definition) is 6. The molecule has 0 saturated heterocycles. The number of carbonyl (C=O) groups is 2. The molecule has 88 valence electrons. The molecule has 1 unspecified atom stereocenters. The molecule has 0 saturated carbocycles. The number of rotatable bonds is 5. The van der Waals surface area contributed by atoms with Crippen molar-refractivity contribution < 1.29 is 27.9 Å². The molecule has 0 bridgehead atoms. The van der Waals surface area contributed by atoms with Crippen LogP contribution in [0.3, 0.4) is 0 Å². The minimum atomic E-state index is -3.72. The average molecular weight is 240 g/mol. The lowest BCUT2D eigenvalue weighted by molar-refractivity contribution is -0.142. The van der Waals surface area contributed by atoms with Crippen molar-refractivity contribution in [1.82, 2.24) is 5.32 Å². The Morgan fingerprint density at radius 1 is 1.20 bits per heavy atom. The Hall–Kier alpha value is -0.910. The summed E-state index contributed by atoms with van der Waals surface area (Å²) in [6.45, 7) is 1.17. The van der Waals surface area contributed by atoms with Crippen molar-refractivity contribution in [3.05, 3.63) is 0 Å². The van der Waals surface area contributed by atoms with E-state index in [9.17, 15) is 14.2 Å². The predicted molar refractivity (Wildman–Crippen MR) is 51.2 cm³/mol. The zero-order valence-corrected chi connectivity index (χ0v) is 9.87. The lowest BCUT2D eigenvalue weighted by Gasteiger charge is -2.22. The second-order valence-electron chi connectivity index (χ2n) is 2.53. The van der Waals surface area contributed by atoms with Crippen molar-refractivity contribution in [3.8, 4) is 0 Å². The van der Waals surface area contributed by atoms with Gasteiger partial charge >= 0.3 is 13.6 Å². The maximum absolute atomic E-state index is 11.8. The van der Waals surface area contributed by atoms with E-state index < -0.39 is 25.3 Å². The molecule has 0 heterocycles. The number of ether oxygens (including phenoxy) is 1. The maximum Gasteiger partial charge on any atom is 0.363 e. The van der Waals surface area contributed by atoms with Crippen molar-refractivity contribution in [2.45, 2.75) is 12.7 Å². The van der Waals surface area contributed by atoms with Gasteiger partial charge in [0.1, 0.15) is 0 Å². The van der Waals surface area contributed by atoms with Gasteiger partial charge in [0.2, 0.25) is 11.7 Å². The standard InChI is InChI=1S/C7H14NO6P/c1-5(9)8-6(7(10)12-2)15(11,13-3)14-4/h6H,1-4H3,(H,8,9)/i6+1. The van der Waals surface area contributed by atoms with Crippen LogP contribution in [0.15, 0.2) is 0 Å². The molecule has 1 atom stereocenters. The highest BCUT2D eigenvalue weighted by Crippen LogP contribution is 2.50. The molecule has 0 aromatic heterocycles. The first-order chi connectivity index (χ1) is 6.91. The molecule has 1 N–H and O–H groups in total. The summed E-state index contributed by atoms with van der Waals surface area (Å²) in [7, 11) is -0.394. The van der Waals surface area contributed by atoms with Gasteiger partial charge < -0.3 is 19.1 Å². The number of carbonyl (C=O) groups excluding carboxylic acids is 2. The fourth-order valence-corrected chi connectivity index (χ4v) is 2.13. The summed E-state index contributed by atoms with van der Waals surface area (Å²) < 4.78 is 25.4. The van der Waals surface area contributed by atoms with Gasteiger partial charge in [0.25, 0.3) is 0 Å². The van der Waals surface area contributed by atoms with E-state index in [4.69, 9.17) is 0 Å². The van der Waals surface area contributed by atoms with Gasteiger partial charge in [-0.15, -0.1) is 0 Å². The highest BCUT2D eigenvalue weighted by molar-refractivity contribution is 7.55. The molecular formula is C7H14NO6P. The van der Waals surface area contributed by atoms with Crippen molar-refractivity contribution in [3.63, 3.8) is 0 Å². The van der Waals surface area contributed by atoms with Crippen molar-refractivity contribution in [2.24, 2.45) is 0 Å². The Bertz CT molecular complexity index is 283. The van der Waals surface area contributed by atoms with Crippen molar-refractivity contribution in [1.29, 1.82) is 0 Å². The number of amides is 1. The van der Waals surface area contributed by atoms with E-state index in [0.717, 1.165) is 21.3 Å². The quantitative estimate of drug-likeness (QED) is 0.416. The molecule has 8 heteroatoms. The SMILES string of the molecule is COC(=O)[13CH](NC(C)=O)P(=O)(OC)OC. The van der Waals surface area contributed by atoms with E-state index in [1.54, 1.807) is 0 Å². The summed E-state index contributed by atoms with van der Waals surface area (Å²) in [6.07, 6.45) is 0. The van der Waals surface area contributed by atoms with Crippen LogP contribution in [-0.2, 0) is 27.9 Å². The smallest absolute Gasteiger partial charge is 0.363 e. The van der Waals surface area contributed by atoms with Crippen LogP contribution in [0.2, 0.25) is 0 Å². The predicted octanol–water partition coefficient (Wildman–Crippen LogP) is 0.107. The molecular weight excluding hydrogens is 226 g/mol. The van der Waals surface area contributed by atoms with Crippen molar-refractivity contribution in [2.75, 3.05) is 21.3 Å². The highest BCUT2D eigenvalue weighted by atomic mass is 31.2. The second-order valence-corrected chi connectivity index (χ2v) is 4.86. The van der Waals surface area contributed by atoms with Crippen LogP contribution in [0.4, 0.5) is 0 Å². The third kappa shape index (κ3) is 3.62. The van der Waals surface area contributed by atoms with Crippen molar-refractivity contribution >= 4 is 19.5 Å². The van der Waals surface area contributed by atoms with Gasteiger partial charge in [-0.1, -0.05) is 0 Å². The van der Waals surface area contributed by atoms with Gasteiger partial charge in [0, 0.05) is 21.1 Å². The number of esters is 1. The zero-order valence-electron chi connectivity index (χ0n) is 8.97. The minimum Gasteiger partial charge on any atom is -0.467 e. The maximum atomic E-state index is 11.8. The van der Waals surface area contributed by atoms with Crippen LogP contribution < -0.4 is 5.32 Å². The van der Waals surface area contributed by atoms with Gasteiger partial charge in [0.15, 0.2) is 0 Å². The van der Waals surface area contributed by atoms with Crippen LogP contribution in [0.1, 0.15) is 6.92 Å². The van der Waals surface area contributed by atoms with Crippen LogP contribution in [-0.4, -0.2) is 39.0 Å². The lowest BCUT2D eigenvalue weighted by Crippen LogP contribution is -2.40.